The van der Waals surface area contributed by atoms with E-state index in [0.717, 1.165) is 0 Å². The second-order valence-electron chi connectivity index (χ2n) is 2.78. The van der Waals surface area contributed by atoms with Crippen LogP contribution in [0.5, 0.6) is 0 Å². The van der Waals surface area contributed by atoms with Crippen LogP contribution in [0.3, 0.4) is 0 Å². The van der Waals surface area contributed by atoms with E-state index in [1.807, 2.05) is 0 Å². The molecule has 2 rings (SSSR count). The number of hydrogen-bond donors (Lipinski definition) is 1. The Morgan fingerprint density at radius 3 is 3.29 bits per heavy atom. The summed E-state index contributed by atoms with van der Waals surface area (Å²) in [6.07, 6.45) is 2.77. The van der Waals surface area contributed by atoms with E-state index in [1.165, 1.54) is 16.8 Å². The zero-order chi connectivity index (χ0) is 9.97. The minimum atomic E-state index is -0.656. The summed E-state index contributed by atoms with van der Waals surface area (Å²) in [5, 5.41) is 8.74. The summed E-state index contributed by atoms with van der Waals surface area (Å²) >= 11 is 0. The quantitative estimate of drug-likeness (QED) is 0.652. The van der Waals surface area contributed by atoms with E-state index in [1.54, 1.807) is 0 Å². The first-order chi connectivity index (χ1) is 6.81. The predicted molar refractivity (Wildman–Crippen MR) is 44.3 cm³/mol. The molecule has 6 nitrogen and oxygen atoms in total. The Labute approximate surface area is 79.7 Å². The number of hydrogen-bond acceptors (Lipinski definition) is 5. The van der Waals surface area contributed by atoms with Gasteiger partial charge in [-0.2, -0.15) is 4.98 Å². The maximum absolute atomic E-state index is 11.2. The molecule has 0 bridgehead atoms. The largest absolute Gasteiger partial charge is 0.391 e. The molecule has 6 heteroatoms. The van der Waals surface area contributed by atoms with Crippen molar-refractivity contribution in [2.24, 2.45) is 0 Å². The number of aliphatic hydroxyl groups excluding tert-OH is 1. The molecule has 1 saturated heterocycles. The Balaban J connectivity index is 2.18. The van der Waals surface area contributed by atoms with E-state index in [9.17, 15) is 4.79 Å². The lowest BCUT2D eigenvalue weighted by molar-refractivity contribution is -0.0992. The van der Waals surface area contributed by atoms with Crippen molar-refractivity contribution in [2.45, 2.75) is 12.5 Å². The minimum absolute atomic E-state index is 0.225. The molecule has 2 heterocycles. The second-order valence-corrected chi connectivity index (χ2v) is 2.78. The van der Waals surface area contributed by atoms with Crippen molar-refractivity contribution in [3.8, 4) is 0 Å². The van der Waals surface area contributed by atoms with Crippen LogP contribution in [0.2, 0.25) is 0 Å². The molecule has 1 aromatic rings. The van der Waals surface area contributed by atoms with Gasteiger partial charge in [0, 0.05) is 6.20 Å². The predicted octanol–water partition coefficient (Wildman–Crippen LogP) is -1.09. The maximum Gasteiger partial charge on any atom is 0.350 e. The molecule has 0 saturated carbocycles. The Morgan fingerprint density at radius 2 is 2.64 bits per heavy atom. The molecule has 1 aliphatic rings. The van der Waals surface area contributed by atoms with Gasteiger partial charge < -0.3 is 14.6 Å². The fraction of sp³-hybridized carbons (Fsp3) is 0.500. The summed E-state index contributed by atoms with van der Waals surface area (Å²) in [7, 11) is 0. The van der Waals surface area contributed by atoms with Crippen molar-refractivity contribution in [3.63, 3.8) is 0 Å². The highest BCUT2D eigenvalue weighted by molar-refractivity contribution is 4.82. The Bertz CT molecular complexity index is 364. The summed E-state index contributed by atoms with van der Waals surface area (Å²) in [4.78, 5) is 14.7. The smallest absolute Gasteiger partial charge is 0.350 e. The van der Waals surface area contributed by atoms with Crippen LogP contribution in [0.4, 0.5) is 0 Å². The highest BCUT2D eigenvalue weighted by Crippen LogP contribution is 2.18. The fourth-order valence-electron chi connectivity index (χ4n) is 1.23. The highest BCUT2D eigenvalue weighted by Gasteiger charge is 2.27. The molecule has 0 aliphatic carbocycles. The lowest BCUT2D eigenvalue weighted by Gasteiger charge is -2.10. The molecule has 0 amide bonds. The van der Waals surface area contributed by atoms with Crippen LogP contribution in [0.15, 0.2) is 17.1 Å². The summed E-state index contributed by atoms with van der Waals surface area (Å²) in [6.45, 7) is 0.00840. The van der Waals surface area contributed by atoms with Crippen molar-refractivity contribution < 1.29 is 14.6 Å². The van der Waals surface area contributed by atoms with E-state index in [4.69, 9.17) is 14.6 Å². The van der Waals surface area contributed by atoms with Crippen LogP contribution in [-0.4, -0.2) is 34.2 Å². The van der Waals surface area contributed by atoms with Gasteiger partial charge in [-0.05, 0) is 6.07 Å². The lowest BCUT2D eigenvalue weighted by Crippen LogP contribution is -2.27. The number of aromatic nitrogens is 2. The maximum atomic E-state index is 11.2. The van der Waals surface area contributed by atoms with Gasteiger partial charge in [0.15, 0.2) is 12.5 Å². The summed E-state index contributed by atoms with van der Waals surface area (Å²) in [5.41, 5.74) is -0.445. The van der Waals surface area contributed by atoms with Crippen LogP contribution < -0.4 is 5.69 Å². The van der Waals surface area contributed by atoms with Gasteiger partial charge in [-0.1, -0.05) is 0 Å². The zero-order valence-electron chi connectivity index (χ0n) is 7.29. The number of ether oxygens (including phenoxy) is 2. The van der Waals surface area contributed by atoms with E-state index in [2.05, 4.69) is 11.2 Å². The Hall–Kier alpha value is -1.24. The molecule has 1 fully saturated rings. The average Bonchev–Trinajstić information content (AvgIpc) is 2.67. The van der Waals surface area contributed by atoms with Crippen LogP contribution in [-0.2, 0) is 9.47 Å². The van der Waals surface area contributed by atoms with Crippen LogP contribution >= 0.6 is 0 Å². The van der Waals surface area contributed by atoms with Gasteiger partial charge in [-0.3, -0.25) is 4.57 Å². The second kappa shape index (κ2) is 3.87. The molecule has 1 radical (unpaired) electrons. The molecule has 0 spiro atoms. The van der Waals surface area contributed by atoms with Crippen LogP contribution in [0, 0.1) is 6.20 Å². The standard InChI is InChI=1S/C8H9N2O4/c11-4-7-13-5-6(14-7)10-3-1-2-9-8(10)12/h1,3,6-7,11H,4-5H2. The molecule has 75 valence electrons. The summed E-state index contributed by atoms with van der Waals surface area (Å²) in [6, 6.07) is 1.51. The third-order valence-corrected chi connectivity index (χ3v) is 1.88. The normalized spacial score (nSPS) is 26.6. The number of aliphatic hydroxyl groups is 1. The topological polar surface area (TPSA) is 73.6 Å². The molecule has 0 aromatic carbocycles. The molecule has 2 unspecified atom stereocenters. The van der Waals surface area contributed by atoms with Gasteiger partial charge >= 0.3 is 5.69 Å². The van der Waals surface area contributed by atoms with E-state index in [-0.39, 0.29) is 13.2 Å². The third kappa shape index (κ3) is 1.67. The first-order valence-corrected chi connectivity index (χ1v) is 4.14. The Morgan fingerprint density at radius 1 is 1.79 bits per heavy atom. The van der Waals surface area contributed by atoms with Crippen molar-refractivity contribution in [3.05, 3.63) is 28.9 Å². The molecule has 2 atom stereocenters. The van der Waals surface area contributed by atoms with E-state index >= 15 is 0 Å². The van der Waals surface area contributed by atoms with Crippen molar-refractivity contribution >= 4 is 0 Å². The average molecular weight is 197 g/mol. The van der Waals surface area contributed by atoms with Gasteiger partial charge in [0.2, 0.25) is 0 Å². The first kappa shape index (κ1) is 9.32. The van der Waals surface area contributed by atoms with Gasteiger partial charge in [-0.25, -0.2) is 4.79 Å². The minimum Gasteiger partial charge on any atom is -0.391 e. The highest BCUT2D eigenvalue weighted by atomic mass is 16.7. The fourth-order valence-corrected chi connectivity index (χ4v) is 1.23. The van der Waals surface area contributed by atoms with E-state index < -0.39 is 18.2 Å². The first-order valence-electron chi connectivity index (χ1n) is 4.14. The molecule has 1 N–H and O–H groups in total. The van der Waals surface area contributed by atoms with Gasteiger partial charge in [0.1, 0.15) is 0 Å². The van der Waals surface area contributed by atoms with Gasteiger partial charge in [-0.15, -0.1) is 0 Å². The molecular weight excluding hydrogens is 188 g/mol. The third-order valence-electron chi connectivity index (χ3n) is 1.88. The zero-order valence-corrected chi connectivity index (χ0v) is 7.29. The molecule has 14 heavy (non-hydrogen) atoms. The van der Waals surface area contributed by atoms with Crippen LogP contribution in [0.25, 0.3) is 0 Å². The number of nitrogens with zero attached hydrogens (tertiary/aromatic N) is 2. The SMILES string of the molecule is O=c1n[c]ccn1C1COC(CO)O1. The van der Waals surface area contributed by atoms with Gasteiger partial charge in [0.25, 0.3) is 0 Å². The van der Waals surface area contributed by atoms with E-state index in [0.29, 0.717) is 0 Å². The molecule has 1 aliphatic heterocycles. The molecule has 1 aromatic heterocycles. The van der Waals surface area contributed by atoms with Crippen LogP contribution in [0.1, 0.15) is 6.23 Å². The van der Waals surface area contributed by atoms with Gasteiger partial charge in [0.05, 0.1) is 19.4 Å². The Kier molecular flexibility index (Phi) is 2.58. The van der Waals surface area contributed by atoms with Crippen molar-refractivity contribution in [1.82, 2.24) is 9.55 Å². The summed E-state index contributed by atoms with van der Waals surface area (Å²) in [5.74, 6) is 0. The monoisotopic (exact) mass is 197 g/mol. The molecular formula is C8H9N2O4. The number of rotatable bonds is 2. The lowest BCUT2D eigenvalue weighted by atomic mass is 10.5. The van der Waals surface area contributed by atoms with Crippen molar-refractivity contribution in [1.29, 1.82) is 0 Å². The summed E-state index contributed by atoms with van der Waals surface area (Å²) < 4.78 is 11.6. The van der Waals surface area contributed by atoms with Crippen molar-refractivity contribution in [2.75, 3.05) is 13.2 Å².